The number of nitrogens with one attached hydrogen (secondary N) is 1. The Balaban J connectivity index is 1.74. The summed E-state index contributed by atoms with van der Waals surface area (Å²) in [4.78, 5) is 26.9. The molecular weight excluding hydrogens is 270 g/mol. The number of likely N-dealkylation sites (tertiary alicyclic amines) is 1. The summed E-state index contributed by atoms with van der Waals surface area (Å²) in [6.07, 6.45) is 5.09. The van der Waals surface area contributed by atoms with Gasteiger partial charge < -0.3 is 15.3 Å². The zero-order valence-corrected chi connectivity index (χ0v) is 13.0. The molecule has 0 aromatic heterocycles. The zero-order valence-electron chi connectivity index (χ0n) is 13.0. The van der Waals surface area contributed by atoms with E-state index in [1.165, 1.54) is 6.42 Å². The van der Waals surface area contributed by atoms with Gasteiger partial charge in [-0.3, -0.25) is 9.69 Å². The molecule has 2 fully saturated rings. The third-order valence-corrected chi connectivity index (χ3v) is 4.77. The Kier molecular flexibility index (Phi) is 5.45. The minimum atomic E-state index is -0.786. The fourth-order valence-electron chi connectivity index (χ4n) is 3.33. The van der Waals surface area contributed by atoms with Crippen molar-refractivity contribution < 1.29 is 14.7 Å². The highest BCUT2D eigenvalue weighted by atomic mass is 16.4. The fraction of sp³-hybridized carbons (Fsp3) is 0.867. The van der Waals surface area contributed by atoms with Crippen LogP contribution < -0.4 is 5.32 Å². The topological polar surface area (TPSA) is 72.9 Å². The van der Waals surface area contributed by atoms with Crippen LogP contribution in [0.1, 0.15) is 46.0 Å². The monoisotopic (exact) mass is 297 g/mol. The van der Waals surface area contributed by atoms with Crippen LogP contribution in [0.4, 0.5) is 4.79 Å². The van der Waals surface area contributed by atoms with Gasteiger partial charge in [-0.15, -0.1) is 0 Å². The zero-order chi connectivity index (χ0) is 15.4. The van der Waals surface area contributed by atoms with Gasteiger partial charge in [0.05, 0.1) is 6.54 Å². The molecular formula is C15H27N3O3. The third kappa shape index (κ3) is 4.09. The summed E-state index contributed by atoms with van der Waals surface area (Å²) in [6.45, 7) is 5.76. The summed E-state index contributed by atoms with van der Waals surface area (Å²) >= 11 is 0. The first-order valence-corrected chi connectivity index (χ1v) is 8.04. The van der Waals surface area contributed by atoms with Gasteiger partial charge in [0.25, 0.3) is 0 Å². The van der Waals surface area contributed by atoms with Crippen molar-refractivity contribution >= 4 is 12.0 Å². The molecule has 6 nitrogen and oxygen atoms in total. The molecule has 0 aromatic carbocycles. The molecule has 1 heterocycles. The Hall–Kier alpha value is -1.30. The highest BCUT2D eigenvalue weighted by Gasteiger charge is 2.36. The van der Waals surface area contributed by atoms with Crippen LogP contribution in [0.3, 0.4) is 0 Å². The van der Waals surface area contributed by atoms with Gasteiger partial charge in [0, 0.05) is 24.7 Å². The number of piperidine rings is 1. The number of hydrogen-bond acceptors (Lipinski definition) is 3. The maximum absolute atomic E-state index is 12.2. The predicted octanol–water partition coefficient (Wildman–Crippen LogP) is 1.51. The summed E-state index contributed by atoms with van der Waals surface area (Å²) in [5.41, 5.74) is 0. The molecule has 1 atom stereocenters. The molecule has 0 aromatic rings. The highest BCUT2D eigenvalue weighted by Crippen LogP contribution is 2.26. The summed E-state index contributed by atoms with van der Waals surface area (Å²) in [5.74, 6) is -0.786. The maximum Gasteiger partial charge on any atom is 0.317 e. The second kappa shape index (κ2) is 7.11. The number of carboxylic acids is 1. The largest absolute Gasteiger partial charge is 0.480 e. The van der Waals surface area contributed by atoms with E-state index in [-0.39, 0.29) is 24.7 Å². The number of hydrogen-bond donors (Lipinski definition) is 2. The molecule has 2 rings (SSSR count). The van der Waals surface area contributed by atoms with Crippen molar-refractivity contribution in [2.75, 3.05) is 19.6 Å². The quantitative estimate of drug-likeness (QED) is 0.807. The van der Waals surface area contributed by atoms with Gasteiger partial charge in [-0.2, -0.15) is 0 Å². The van der Waals surface area contributed by atoms with Crippen molar-refractivity contribution in [1.82, 2.24) is 15.1 Å². The molecule has 1 saturated carbocycles. The Morgan fingerprint density at radius 1 is 1.33 bits per heavy atom. The smallest absolute Gasteiger partial charge is 0.317 e. The lowest BCUT2D eigenvalue weighted by molar-refractivity contribution is -0.139. The molecule has 1 aliphatic carbocycles. The summed E-state index contributed by atoms with van der Waals surface area (Å²) in [5, 5.41) is 12.0. The van der Waals surface area contributed by atoms with Crippen LogP contribution in [0.25, 0.3) is 0 Å². The standard InChI is InChI=1S/C15H27N3O3/c1-3-17(10-14(19)20)13-8-12(9-13)16-15(21)18-7-5-4-6-11(18)2/h11-13H,3-10H2,1-2H3,(H,16,21)(H,19,20). The maximum atomic E-state index is 12.2. The van der Waals surface area contributed by atoms with Crippen LogP contribution >= 0.6 is 0 Å². The molecule has 0 bridgehead atoms. The van der Waals surface area contributed by atoms with E-state index in [1.54, 1.807) is 0 Å². The van der Waals surface area contributed by atoms with Crippen molar-refractivity contribution in [2.45, 2.75) is 64.1 Å². The minimum absolute atomic E-state index is 0.0481. The van der Waals surface area contributed by atoms with E-state index in [0.717, 1.165) is 38.8 Å². The van der Waals surface area contributed by atoms with Gasteiger partial charge in [-0.1, -0.05) is 6.92 Å². The van der Waals surface area contributed by atoms with E-state index in [1.807, 2.05) is 16.7 Å². The number of amides is 2. The molecule has 2 amide bonds. The fourth-order valence-corrected chi connectivity index (χ4v) is 3.33. The summed E-state index contributed by atoms with van der Waals surface area (Å²) in [6, 6.07) is 0.857. The van der Waals surface area contributed by atoms with E-state index in [4.69, 9.17) is 5.11 Å². The molecule has 21 heavy (non-hydrogen) atoms. The van der Waals surface area contributed by atoms with E-state index in [0.29, 0.717) is 6.04 Å². The average molecular weight is 297 g/mol. The first-order valence-electron chi connectivity index (χ1n) is 8.04. The van der Waals surface area contributed by atoms with Crippen LogP contribution in [-0.4, -0.2) is 64.7 Å². The van der Waals surface area contributed by atoms with Gasteiger partial charge in [-0.25, -0.2) is 4.79 Å². The van der Waals surface area contributed by atoms with E-state index < -0.39 is 5.97 Å². The first kappa shape index (κ1) is 16.1. The molecule has 2 N–H and O–H groups in total. The van der Waals surface area contributed by atoms with E-state index >= 15 is 0 Å². The molecule has 1 saturated heterocycles. The van der Waals surface area contributed by atoms with Crippen LogP contribution in [0, 0.1) is 0 Å². The van der Waals surface area contributed by atoms with Crippen LogP contribution in [0.2, 0.25) is 0 Å². The van der Waals surface area contributed by atoms with E-state index in [9.17, 15) is 9.59 Å². The van der Waals surface area contributed by atoms with E-state index in [2.05, 4.69) is 12.2 Å². The normalized spacial score (nSPS) is 29.1. The minimum Gasteiger partial charge on any atom is -0.480 e. The Labute approximate surface area is 126 Å². The molecule has 1 unspecified atom stereocenters. The van der Waals surface area contributed by atoms with Crippen LogP contribution in [0.15, 0.2) is 0 Å². The summed E-state index contributed by atoms with van der Waals surface area (Å²) < 4.78 is 0. The van der Waals surface area contributed by atoms with Gasteiger partial charge >= 0.3 is 12.0 Å². The second-order valence-corrected chi connectivity index (χ2v) is 6.27. The summed E-state index contributed by atoms with van der Waals surface area (Å²) in [7, 11) is 0. The number of likely N-dealkylation sites (N-methyl/N-ethyl adjacent to an activating group) is 1. The number of carbonyl (C=O) groups is 2. The van der Waals surface area contributed by atoms with Crippen molar-refractivity contribution in [3.63, 3.8) is 0 Å². The number of rotatable bonds is 5. The molecule has 1 aliphatic heterocycles. The predicted molar refractivity (Wildman–Crippen MR) is 80.2 cm³/mol. The van der Waals surface area contributed by atoms with Gasteiger partial charge in [0.15, 0.2) is 0 Å². The lowest BCUT2D eigenvalue weighted by Gasteiger charge is -2.43. The molecule has 120 valence electrons. The first-order chi connectivity index (χ1) is 10.0. The van der Waals surface area contributed by atoms with Crippen molar-refractivity contribution in [3.8, 4) is 0 Å². The third-order valence-electron chi connectivity index (χ3n) is 4.77. The van der Waals surface area contributed by atoms with Gasteiger partial charge in [-0.05, 0) is 45.6 Å². The lowest BCUT2D eigenvalue weighted by atomic mass is 9.85. The number of carboxylic acid groups (broad SMARTS) is 1. The number of nitrogens with zero attached hydrogens (tertiary/aromatic N) is 2. The SMILES string of the molecule is CCN(CC(=O)O)C1CC(NC(=O)N2CCCCC2C)C1. The number of urea groups is 1. The van der Waals surface area contributed by atoms with Crippen molar-refractivity contribution in [1.29, 1.82) is 0 Å². The molecule has 0 radical (unpaired) electrons. The second-order valence-electron chi connectivity index (χ2n) is 6.27. The van der Waals surface area contributed by atoms with Crippen LogP contribution in [0.5, 0.6) is 0 Å². The molecule has 0 spiro atoms. The van der Waals surface area contributed by atoms with Crippen LogP contribution in [-0.2, 0) is 4.79 Å². The Bertz CT molecular complexity index is 382. The van der Waals surface area contributed by atoms with Crippen molar-refractivity contribution in [3.05, 3.63) is 0 Å². The van der Waals surface area contributed by atoms with Gasteiger partial charge in [0.1, 0.15) is 0 Å². The molecule has 6 heteroatoms. The molecule has 2 aliphatic rings. The van der Waals surface area contributed by atoms with Gasteiger partial charge in [0.2, 0.25) is 0 Å². The lowest BCUT2D eigenvalue weighted by Crippen LogP contribution is -2.58. The Morgan fingerprint density at radius 3 is 2.62 bits per heavy atom. The average Bonchev–Trinajstić information content (AvgIpc) is 2.40. The number of aliphatic carboxylic acids is 1. The number of carbonyl (C=O) groups excluding carboxylic acids is 1. The Morgan fingerprint density at radius 2 is 2.05 bits per heavy atom. The van der Waals surface area contributed by atoms with Crippen molar-refractivity contribution in [2.24, 2.45) is 0 Å². The highest BCUT2D eigenvalue weighted by molar-refractivity contribution is 5.75.